The van der Waals surface area contributed by atoms with Crippen LogP contribution in [0.25, 0.3) is 5.69 Å². The second-order valence-electron chi connectivity index (χ2n) is 6.26. The number of carbonyl (C=O) groups is 2. The normalized spacial score (nSPS) is 13.2. The maximum atomic E-state index is 12.6. The van der Waals surface area contributed by atoms with Crippen molar-refractivity contribution in [3.05, 3.63) is 76.6 Å². The van der Waals surface area contributed by atoms with Gasteiger partial charge < -0.3 is 0 Å². The van der Waals surface area contributed by atoms with Gasteiger partial charge in [0.25, 0.3) is 11.8 Å². The van der Waals surface area contributed by atoms with Crippen molar-refractivity contribution >= 4 is 23.4 Å². The Morgan fingerprint density at radius 2 is 1.63 bits per heavy atom. The molecule has 2 N–H and O–H groups in total. The summed E-state index contributed by atoms with van der Waals surface area (Å²) in [5.74, 6) is -0.697. The number of halogens is 1. The number of benzene rings is 2. The van der Waals surface area contributed by atoms with Gasteiger partial charge >= 0.3 is 0 Å². The summed E-state index contributed by atoms with van der Waals surface area (Å²) in [6.45, 7) is 0. The molecular weight excluding hydrogens is 366 g/mol. The van der Waals surface area contributed by atoms with Gasteiger partial charge in [-0.15, -0.1) is 5.10 Å². The molecule has 3 aromatic rings. The first-order valence-corrected chi connectivity index (χ1v) is 8.88. The Morgan fingerprint density at radius 1 is 0.963 bits per heavy atom. The fourth-order valence-electron chi connectivity index (χ4n) is 2.78. The van der Waals surface area contributed by atoms with Crippen molar-refractivity contribution in [2.24, 2.45) is 0 Å². The number of carbonyl (C=O) groups excluding carboxylic acids is 2. The molecule has 1 aromatic heterocycles. The molecule has 0 atom stereocenters. The van der Waals surface area contributed by atoms with Crippen molar-refractivity contribution in [3.63, 3.8) is 0 Å². The first-order chi connectivity index (χ1) is 13.1. The van der Waals surface area contributed by atoms with Crippen LogP contribution in [0.4, 0.5) is 0 Å². The molecule has 136 valence electrons. The molecule has 0 spiro atoms. The maximum Gasteiger partial charge on any atom is 0.292 e. The van der Waals surface area contributed by atoms with Crippen molar-refractivity contribution in [2.75, 3.05) is 0 Å². The first-order valence-electron chi connectivity index (χ1n) is 8.51. The second-order valence-corrected chi connectivity index (χ2v) is 6.70. The first kappa shape index (κ1) is 17.2. The molecule has 0 bridgehead atoms. The lowest BCUT2D eigenvalue weighted by Crippen LogP contribution is -2.42. The summed E-state index contributed by atoms with van der Waals surface area (Å²) in [4.78, 5) is 24.7. The van der Waals surface area contributed by atoms with E-state index in [2.05, 4.69) is 21.2 Å². The highest BCUT2D eigenvalue weighted by Gasteiger charge is 2.34. The lowest BCUT2D eigenvalue weighted by atomic mass is 10.2. The summed E-state index contributed by atoms with van der Waals surface area (Å²) in [7, 11) is 0. The molecule has 1 fully saturated rings. The highest BCUT2D eigenvalue weighted by molar-refractivity contribution is 6.30. The zero-order valence-electron chi connectivity index (χ0n) is 14.2. The molecule has 0 unspecified atom stereocenters. The Hall–Kier alpha value is -3.19. The van der Waals surface area contributed by atoms with E-state index in [-0.39, 0.29) is 11.6 Å². The minimum absolute atomic E-state index is 0.220. The molecular formula is C19H16ClN5O2. The van der Waals surface area contributed by atoms with Gasteiger partial charge in [-0.2, -0.15) is 0 Å². The van der Waals surface area contributed by atoms with E-state index < -0.39 is 11.8 Å². The summed E-state index contributed by atoms with van der Waals surface area (Å²) < 4.78 is 1.69. The second kappa shape index (κ2) is 7.20. The predicted octanol–water partition coefficient (Wildman–Crippen LogP) is 2.87. The van der Waals surface area contributed by atoms with Gasteiger partial charge in [0.2, 0.25) is 0 Å². The molecule has 2 amide bonds. The number of para-hydroxylation sites is 1. The van der Waals surface area contributed by atoms with Crippen molar-refractivity contribution in [1.82, 2.24) is 25.8 Å². The summed E-state index contributed by atoms with van der Waals surface area (Å²) in [5, 5.41) is 8.72. The zero-order chi connectivity index (χ0) is 18.8. The Kier molecular flexibility index (Phi) is 4.60. The molecule has 2 aromatic carbocycles. The van der Waals surface area contributed by atoms with E-state index in [1.54, 1.807) is 28.9 Å². The quantitative estimate of drug-likeness (QED) is 0.680. The largest absolute Gasteiger partial charge is 0.292 e. The topological polar surface area (TPSA) is 88.9 Å². The maximum absolute atomic E-state index is 12.6. The fourth-order valence-corrected chi connectivity index (χ4v) is 2.91. The molecule has 0 radical (unpaired) electrons. The summed E-state index contributed by atoms with van der Waals surface area (Å²) in [6, 6.07) is 15.9. The van der Waals surface area contributed by atoms with Gasteiger partial charge in [-0.05, 0) is 49.2 Å². The zero-order valence-corrected chi connectivity index (χ0v) is 15.0. The van der Waals surface area contributed by atoms with Crippen molar-refractivity contribution < 1.29 is 9.59 Å². The van der Waals surface area contributed by atoms with Gasteiger partial charge in [-0.1, -0.05) is 35.0 Å². The van der Waals surface area contributed by atoms with Gasteiger partial charge in [-0.25, -0.2) is 4.68 Å². The Bertz CT molecular complexity index is 981. The highest BCUT2D eigenvalue weighted by Crippen LogP contribution is 2.41. The lowest BCUT2D eigenvalue weighted by molar-refractivity contribution is 0.0843. The fraction of sp³-hybridized carbons (Fsp3) is 0.158. The number of nitrogens with one attached hydrogen (secondary N) is 2. The van der Waals surface area contributed by atoms with Gasteiger partial charge in [-0.3, -0.25) is 20.4 Å². The third-order valence-corrected chi connectivity index (χ3v) is 4.53. The van der Waals surface area contributed by atoms with Crippen LogP contribution in [-0.4, -0.2) is 26.8 Å². The van der Waals surface area contributed by atoms with Crippen molar-refractivity contribution in [2.45, 2.75) is 18.8 Å². The number of rotatable bonds is 4. The number of hydrazine groups is 1. The molecule has 0 saturated heterocycles. The van der Waals surface area contributed by atoms with E-state index in [9.17, 15) is 9.59 Å². The molecule has 4 rings (SSSR count). The van der Waals surface area contributed by atoms with Crippen LogP contribution in [0.1, 0.15) is 45.3 Å². The van der Waals surface area contributed by atoms with Crippen LogP contribution in [-0.2, 0) is 0 Å². The summed E-state index contributed by atoms with van der Waals surface area (Å²) in [5.41, 5.74) is 7.02. The Morgan fingerprint density at radius 3 is 2.30 bits per heavy atom. The molecule has 1 saturated carbocycles. The molecule has 0 aliphatic heterocycles. The average Bonchev–Trinajstić information content (AvgIpc) is 3.44. The minimum atomic E-state index is -0.499. The predicted molar refractivity (Wildman–Crippen MR) is 99.7 cm³/mol. The lowest BCUT2D eigenvalue weighted by Gasteiger charge is -2.08. The van der Waals surface area contributed by atoms with Crippen molar-refractivity contribution in [1.29, 1.82) is 0 Å². The Labute approximate surface area is 160 Å². The van der Waals surface area contributed by atoms with Crippen LogP contribution in [0.15, 0.2) is 54.6 Å². The number of hydrogen-bond donors (Lipinski definition) is 2. The minimum Gasteiger partial charge on any atom is -0.267 e. The monoisotopic (exact) mass is 381 g/mol. The van der Waals surface area contributed by atoms with E-state index in [1.165, 1.54) is 0 Å². The highest BCUT2D eigenvalue weighted by atomic mass is 35.5. The van der Waals surface area contributed by atoms with Crippen LogP contribution >= 0.6 is 11.6 Å². The summed E-state index contributed by atoms with van der Waals surface area (Å²) >= 11 is 5.81. The van der Waals surface area contributed by atoms with Crippen LogP contribution in [0.2, 0.25) is 5.02 Å². The number of hydrogen-bond acceptors (Lipinski definition) is 4. The third-order valence-electron chi connectivity index (χ3n) is 4.28. The molecule has 1 aliphatic rings. The van der Waals surface area contributed by atoms with E-state index in [0.29, 0.717) is 10.6 Å². The van der Waals surface area contributed by atoms with Gasteiger partial charge in [0.05, 0.1) is 11.4 Å². The number of amides is 2. The van der Waals surface area contributed by atoms with E-state index >= 15 is 0 Å². The molecule has 8 heteroatoms. The molecule has 27 heavy (non-hydrogen) atoms. The van der Waals surface area contributed by atoms with Crippen LogP contribution in [0, 0.1) is 0 Å². The molecule has 1 heterocycles. The third kappa shape index (κ3) is 3.68. The van der Waals surface area contributed by atoms with E-state index in [4.69, 9.17) is 11.6 Å². The summed E-state index contributed by atoms with van der Waals surface area (Å²) in [6.07, 6.45) is 1.97. The standard InChI is InChI=1S/C19H16ClN5O2/c20-14-10-8-13(9-11-14)18(26)22-23-19(27)16-17(12-6-7-12)25(24-21-16)15-4-2-1-3-5-15/h1-5,8-12H,6-7H2,(H,22,26)(H,23,27). The van der Waals surface area contributed by atoms with Crippen LogP contribution in [0.5, 0.6) is 0 Å². The van der Waals surface area contributed by atoms with Gasteiger partial charge in [0.15, 0.2) is 5.69 Å². The SMILES string of the molecule is O=C(NNC(=O)c1nnn(-c2ccccc2)c1C1CC1)c1ccc(Cl)cc1. The van der Waals surface area contributed by atoms with E-state index in [1.807, 2.05) is 30.3 Å². The van der Waals surface area contributed by atoms with Gasteiger partial charge in [0, 0.05) is 16.5 Å². The average molecular weight is 382 g/mol. The van der Waals surface area contributed by atoms with E-state index in [0.717, 1.165) is 24.2 Å². The van der Waals surface area contributed by atoms with Gasteiger partial charge in [0.1, 0.15) is 0 Å². The van der Waals surface area contributed by atoms with Crippen LogP contribution < -0.4 is 10.9 Å². The van der Waals surface area contributed by atoms with Crippen molar-refractivity contribution in [3.8, 4) is 5.69 Å². The smallest absolute Gasteiger partial charge is 0.267 e. The number of nitrogens with zero attached hydrogens (tertiary/aromatic N) is 3. The van der Waals surface area contributed by atoms with Crippen LogP contribution in [0.3, 0.4) is 0 Å². The molecule has 7 nitrogen and oxygen atoms in total. The Balaban J connectivity index is 1.51. The molecule has 1 aliphatic carbocycles. The number of aromatic nitrogens is 3.